The third-order valence-electron chi connectivity index (χ3n) is 4.13. The van der Waals surface area contributed by atoms with Gasteiger partial charge in [-0.2, -0.15) is 0 Å². The van der Waals surface area contributed by atoms with E-state index in [4.69, 9.17) is 11.6 Å². The fourth-order valence-corrected chi connectivity index (χ4v) is 3.16. The fraction of sp³-hybridized carbons (Fsp3) is 0.471. The number of fused-ring (bicyclic) bond motifs is 1. The number of benzene rings is 1. The van der Waals surface area contributed by atoms with Gasteiger partial charge < -0.3 is 10.2 Å². The highest BCUT2D eigenvalue weighted by Crippen LogP contribution is 2.22. The molecule has 112 valence electrons. The van der Waals surface area contributed by atoms with E-state index in [9.17, 15) is 0 Å². The molecule has 21 heavy (non-hydrogen) atoms. The molecule has 0 saturated carbocycles. The van der Waals surface area contributed by atoms with Crippen LogP contribution in [-0.4, -0.2) is 42.6 Å². The van der Waals surface area contributed by atoms with Gasteiger partial charge in [-0.05, 0) is 50.1 Å². The van der Waals surface area contributed by atoms with Gasteiger partial charge in [0.1, 0.15) is 5.15 Å². The van der Waals surface area contributed by atoms with Crippen LogP contribution in [0.25, 0.3) is 10.9 Å². The van der Waals surface area contributed by atoms with E-state index in [1.165, 1.54) is 16.5 Å². The summed E-state index contributed by atoms with van der Waals surface area (Å²) in [5.41, 5.74) is 3.42. The molecule has 0 radical (unpaired) electrons. The van der Waals surface area contributed by atoms with Gasteiger partial charge in [-0.25, -0.2) is 4.98 Å². The highest BCUT2D eigenvalue weighted by atomic mass is 35.5. The summed E-state index contributed by atoms with van der Waals surface area (Å²) in [4.78, 5) is 7.04. The van der Waals surface area contributed by atoms with E-state index in [0.29, 0.717) is 5.15 Å². The number of nitrogens with one attached hydrogen (secondary N) is 1. The van der Waals surface area contributed by atoms with Gasteiger partial charge in [-0.3, -0.25) is 0 Å². The Labute approximate surface area is 131 Å². The van der Waals surface area contributed by atoms with Crippen LogP contribution < -0.4 is 5.32 Å². The van der Waals surface area contributed by atoms with E-state index in [2.05, 4.69) is 40.3 Å². The Morgan fingerprint density at radius 3 is 2.86 bits per heavy atom. The van der Waals surface area contributed by atoms with Crippen molar-refractivity contribution < 1.29 is 0 Å². The summed E-state index contributed by atoms with van der Waals surface area (Å²) in [7, 11) is 0. The first-order valence-electron chi connectivity index (χ1n) is 7.71. The van der Waals surface area contributed by atoms with Gasteiger partial charge in [0.15, 0.2) is 0 Å². The molecule has 1 saturated heterocycles. The van der Waals surface area contributed by atoms with Gasteiger partial charge in [0.2, 0.25) is 0 Å². The average Bonchev–Trinajstić information content (AvgIpc) is 2.49. The molecule has 3 rings (SSSR count). The molecule has 1 aliphatic rings. The van der Waals surface area contributed by atoms with E-state index in [0.717, 1.165) is 51.1 Å². The van der Waals surface area contributed by atoms with E-state index in [-0.39, 0.29) is 0 Å². The van der Waals surface area contributed by atoms with Gasteiger partial charge in [0.05, 0.1) is 5.52 Å². The smallest absolute Gasteiger partial charge is 0.132 e. The van der Waals surface area contributed by atoms with Crippen LogP contribution in [0, 0.1) is 6.92 Å². The molecule has 2 aromatic rings. The zero-order valence-electron chi connectivity index (χ0n) is 12.5. The SMILES string of the molecule is Cc1ccc2nc(Cl)c(CCCN3CCNCC3)cc2c1. The Bertz CT molecular complexity index is 621. The number of rotatable bonds is 4. The Balaban J connectivity index is 1.66. The van der Waals surface area contributed by atoms with Gasteiger partial charge in [-0.15, -0.1) is 0 Å². The number of hydrogen-bond donors (Lipinski definition) is 1. The molecule has 4 heteroatoms. The molecule has 3 nitrogen and oxygen atoms in total. The first-order valence-corrected chi connectivity index (χ1v) is 8.09. The minimum atomic E-state index is 0.659. The zero-order chi connectivity index (χ0) is 14.7. The van der Waals surface area contributed by atoms with Crippen molar-refractivity contribution in [3.8, 4) is 0 Å². The summed E-state index contributed by atoms with van der Waals surface area (Å²) < 4.78 is 0. The maximum atomic E-state index is 6.33. The molecule has 0 bridgehead atoms. The monoisotopic (exact) mass is 303 g/mol. The third-order valence-corrected chi connectivity index (χ3v) is 4.45. The summed E-state index contributed by atoms with van der Waals surface area (Å²) in [6.45, 7) is 7.78. The second kappa shape index (κ2) is 6.73. The molecule has 1 fully saturated rings. The fourth-order valence-electron chi connectivity index (χ4n) is 2.92. The van der Waals surface area contributed by atoms with Gasteiger partial charge in [-0.1, -0.05) is 23.2 Å². The van der Waals surface area contributed by atoms with Gasteiger partial charge in [0.25, 0.3) is 0 Å². The number of aromatic nitrogens is 1. The number of halogens is 1. The minimum absolute atomic E-state index is 0.659. The van der Waals surface area contributed by atoms with Crippen molar-refractivity contribution in [1.82, 2.24) is 15.2 Å². The van der Waals surface area contributed by atoms with Crippen molar-refractivity contribution in [2.75, 3.05) is 32.7 Å². The standard InChI is InChI=1S/C17H22ClN3/c1-13-4-5-16-15(11-13)12-14(17(18)20-16)3-2-8-21-9-6-19-7-10-21/h4-5,11-12,19H,2-3,6-10H2,1H3. The Morgan fingerprint density at radius 2 is 2.05 bits per heavy atom. The summed E-state index contributed by atoms with van der Waals surface area (Å²) in [5.74, 6) is 0. The largest absolute Gasteiger partial charge is 0.314 e. The third kappa shape index (κ3) is 3.73. The second-order valence-electron chi connectivity index (χ2n) is 5.83. The molecule has 0 atom stereocenters. The van der Waals surface area contributed by atoms with Crippen molar-refractivity contribution in [2.45, 2.75) is 19.8 Å². The second-order valence-corrected chi connectivity index (χ2v) is 6.19. The molecule has 1 aromatic heterocycles. The van der Waals surface area contributed by atoms with Crippen LogP contribution in [0.3, 0.4) is 0 Å². The van der Waals surface area contributed by atoms with Crippen molar-refractivity contribution in [2.24, 2.45) is 0 Å². The van der Waals surface area contributed by atoms with Gasteiger partial charge >= 0.3 is 0 Å². The van der Waals surface area contributed by atoms with Crippen molar-refractivity contribution in [1.29, 1.82) is 0 Å². The van der Waals surface area contributed by atoms with Crippen molar-refractivity contribution in [3.63, 3.8) is 0 Å². The normalized spacial score (nSPS) is 16.5. The first kappa shape index (κ1) is 14.8. The number of nitrogens with zero attached hydrogens (tertiary/aromatic N) is 2. The predicted octanol–water partition coefficient (Wildman–Crippen LogP) is 3.03. The van der Waals surface area contributed by atoms with Crippen LogP contribution in [0.5, 0.6) is 0 Å². The van der Waals surface area contributed by atoms with E-state index in [1.54, 1.807) is 0 Å². The molecular formula is C17H22ClN3. The Morgan fingerprint density at radius 1 is 1.24 bits per heavy atom. The number of hydrogen-bond acceptors (Lipinski definition) is 3. The summed E-state index contributed by atoms with van der Waals surface area (Å²) in [6.07, 6.45) is 2.14. The van der Waals surface area contributed by atoms with Crippen LogP contribution >= 0.6 is 11.6 Å². The maximum Gasteiger partial charge on any atom is 0.132 e. The lowest BCUT2D eigenvalue weighted by atomic mass is 10.1. The van der Waals surface area contributed by atoms with E-state index >= 15 is 0 Å². The van der Waals surface area contributed by atoms with Crippen LogP contribution in [0.1, 0.15) is 17.5 Å². The molecular weight excluding hydrogens is 282 g/mol. The Hall–Kier alpha value is -1.16. The Kier molecular flexibility index (Phi) is 4.73. The number of aryl methyl sites for hydroxylation is 2. The molecule has 1 aromatic carbocycles. The van der Waals surface area contributed by atoms with Crippen molar-refractivity contribution in [3.05, 3.63) is 40.5 Å². The predicted molar refractivity (Wildman–Crippen MR) is 89.1 cm³/mol. The van der Waals surface area contributed by atoms with Crippen LogP contribution in [0.4, 0.5) is 0 Å². The quantitative estimate of drug-likeness (QED) is 0.880. The van der Waals surface area contributed by atoms with Crippen LogP contribution in [0.2, 0.25) is 5.15 Å². The lowest BCUT2D eigenvalue weighted by Gasteiger charge is -2.27. The zero-order valence-corrected chi connectivity index (χ0v) is 13.3. The first-order chi connectivity index (χ1) is 10.2. The molecule has 0 amide bonds. The molecule has 0 spiro atoms. The van der Waals surface area contributed by atoms with E-state index < -0.39 is 0 Å². The van der Waals surface area contributed by atoms with E-state index in [1.807, 2.05) is 6.07 Å². The molecule has 2 heterocycles. The summed E-state index contributed by atoms with van der Waals surface area (Å²) in [6, 6.07) is 8.50. The number of pyridine rings is 1. The lowest BCUT2D eigenvalue weighted by molar-refractivity contribution is 0.238. The average molecular weight is 304 g/mol. The molecule has 0 unspecified atom stereocenters. The topological polar surface area (TPSA) is 28.2 Å². The highest BCUT2D eigenvalue weighted by Gasteiger charge is 2.10. The molecule has 1 N–H and O–H groups in total. The highest BCUT2D eigenvalue weighted by molar-refractivity contribution is 6.30. The number of piperazine rings is 1. The van der Waals surface area contributed by atoms with Gasteiger partial charge in [0, 0.05) is 31.6 Å². The van der Waals surface area contributed by atoms with Crippen LogP contribution in [-0.2, 0) is 6.42 Å². The lowest BCUT2D eigenvalue weighted by Crippen LogP contribution is -2.43. The maximum absolute atomic E-state index is 6.33. The van der Waals surface area contributed by atoms with Crippen LogP contribution in [0.15, 0.2) is 24.3 Å². The summed E-state index contributed by atoms with van der Waals surface area (Å²) in [5, 5.41) is 5.23. The summed E-state index contributed by atoms with van der Waals surface area (Å²) >= 11 is 6.33. The molecule has 1 aliphatic heterocycles. The van der Waals surface area contributed by atoms with Crippen molar-refractivity contribution >= 4 is 22.5 Å². The minimum Gasteiger partial charge on any atom is -0.314 e. The molecule has 0 aliphatic carbocycles.